The van der Waals surface area contributed by atoms with Crippen molar-refractivity contribution in [2.24, 2.45) is 17.3 Å². The Kier molecular flexibility index (Phi) is 3.54. The van der Waals surface area contributed by atoms with Crippen LogP contribution >= 0.6 is 0 Å². The summed E-state index contributed by atoms with van der Waals surface area (Å²) in [5.74, 6) is 1.76. The van der Waals surface area contributed by atoms with E-state index in [9.17, 15) is 4.79 Å². The van der Waals surface area contributed by atoms with E-state index in [4.69, 9.17) is 0 Å². The molecule has 134 valence electrons. The Hall–Kier alpha value is -1.35. The van der Waals surface area contributed by atoms with Gasteiger partial charge < -0.3 is 10.2 Å². The lowest BCUT2D eigenvalue weighted by Crippen LogP contribution is -2.50. The van der Waals surface area contributed by atoms with Crippen molar-refractivity contribution in [3.05, 3.63) is 35.9 Å². The van der Waals surface area contributed by atoms with E-state index in [1.807, 2.05) is 0 Å². The van der Waals surface area contributed by atoms with Gasteiger partial charge in [0.2, 0.25) is 5.91 Å². The van der Waals surface area contributed by atoms with E-state index >= 15 is 0 Å². The minimum absolute atomic E-state index is 0.0674. The Labute approximate surface area is 151 Å². The standard InChI is InChI=1S/C22H30N2O/c1-24-9-7-19(8-10-24)23-20(25)22-13-16-11-18(22)14-21(12-16,15-22)17-5-3-2-4-6-17/h2-6,16,18-19H,7-15H2,1H3,(H,23,25). The molecule has 1 amide bonds. The number of benzene rings is 1. The molecule has 4 bridgehead atoms. The first-order chi connectivity index (χ1) is 12.1. The Balaban J connectivity index is 1.38. The van der Waals surface area contributed by atoms with E-state index in [1.165, 1.54) is 24.8 Å². The fourth-order valence-corrected chi connectivity index (χ4v) is 6.87. The predicted octanol–water partition coefficient (Wildman–Crippen LogP) is 3.34. The van der Waals surface area contributed by atoms with Gasteiger partial charge >= 0.3 is 0 Å². The van der Waals surface area contributed by atoms with Crippen molar-refractivity contribution in [3.8, 4) is 0 Å². The van der Waals surface area contributed by atoms with Crippen molar-refractivity contribution in [1.82, 2.24) is 10.2 Å². The van der Waals surface area contributed by atoms with Gasteiger partial charge in [0.05, 0.1) is 5.41 Å². The number of likely N-dealkylation sites (tertiary alicyclic amines) is 1. The highest BCUT2D eigenvalue weighted by atomic mass is 16.2. The van der Waals surface area contributed by atoms with Gasteiger partial charge in [-0.15, -0.1) is 0 Å². The van der Waals surface area contributed by atoms with Gasteiger partial charge in [-0.3, -0.25) is 4.79 Å². The van der Waals surface area contributed by atoms with Gasteiger partial charge in [-0.1, -0.05) is 30.3 Å². The average molecular weight is 338 g/mol. The number of carbonyl (C=O) groups excluding carboxylic acids is 1. The number of nitrogens with zero attached hydrogens (tertiary/aromatic N) is 1. The second-order valence-electron chi connectivity index (χ2n) is 9.44. The van der Waals surface area contributed by atoms with Crippen LogP contribution in [0, 0.1) is 17.3 Å². The lowest BCUT2D eigenvalue weighted by atomic mass is 9.63. The number of hydrogen-bond donors (Lipinski definition) is 1. The van der Waals surface area contributed by atoms with Crippen LogP contribution in [0.1, 0.15) is 50.5 Å². The van der Waals surface area contributed by atoms with Gasteiger partial charge in [0.15, 0.2) is 0 Å². The third-order valence-corrected chi connectivity index (χ3v) is 7.91. The molecular formula is C22H30N2O. The van der Waals surface area contributed by atoms with E-state index in [0.29, 0.717) is 17.9 Å². The van der Waals surface area contributed by atoms with E-state index < -0.39 is 0 Å². The Morgan fingerprint density at radius 2 is 1.88 bits per heavy atom. The highest BCUT2D eigenvalue weighted by molar-refractivity contribution is 5.85. The molecule has 5 aliphatic rings. The van der Waals surface area contributed by atoms with E-state index in [-0.39, 0.29) is 10.8 Å². The topological polar surface area (TPSA) is 32.3 Å². The molecule has 5 fully saturated rings. The van der Waals surface area contributed by atoms with E-state index in [0.717, 1.165) is 44.7 Å². The molecule has 1 aliphatic heterocycles. The summed E-state index contributed by atoms with van der Waals surface area (Å²) in [4.78, 5) is 15.8. The number of nitrogens with one attached hydrogen (secondary N) is 1. The molecule has 4 unspecified atom stereocenters. The summed E-state index contributed by atoms with van der Waals surface area (Å²) in [7, 11) is 2.18. The molecule has 25 heavy (non-hydrogen) atoms. The van der Waals surface area contributed by atoms with Crippen LogP contribution in [0.4, 0.5) is 0 Å². The number of hydrogen-bond acceptors (Lipinski definition) is 2. The van der Waals surface area contributed by atoms with Crippen molar-refractivity contribution in [3.63, 3.8) is 0 Å². The predicted molar refractivity (Wildman–Crippen MR) is 99.3 cm³/mol. The maximum absolute atomic E-state index is 13.4. The van der Waals surface area contributed by atoms with Crippen LogP contribution in [0.25, 0.3) is 0 Å². The normalized spacial score (nSPS) is 40.5. The highest BCUT2D eigenvalue weighted by Gasteiger charge is 2.67. The second kappa shape index (κ2) is 5.57. The first-order valence-corrected chi connectivity index (χ1v) is 10.1. The first kappa shape index (κ1) is 15.9. The molecule has 6 rings (SSSR count). The molecule has 0 aromatic heterocycles. The number of carbonyl (C=O) groups is 1. The summed E-state index contributed by atoms with van der Waals surface area (Å²) >= 11 is 0. The van der Waals surface area contributed by atoms with Gasteiger partial charge in [0.25, 0.3) is 0 Å². The molecular weight excluding hydrogens is 308 g/mol. The van der Waals surface area contributed by atoms with Crippen LogP contribution < -0.4 is 5.32 Å². The lowest BCUT2D eigenvalue weighted by molar-refractivity contribution is -0.134. The van der Waals surface area contributed by atoms with Gasteiger partial charge in [0.1, 0.15) is 0 Å². The largest absolute Gasteiger partial charge is 0.353 e. The summed E-state index contributed by atoms with van der Waals surface area (Å²) in [6, 6.07) is 11.4. The fraction of sp³-hybridized carbons (Fsp3) is 0.682. The average Bonchev–Trinajstić information content (AvgIpc) is 3.02. The first-order valence-electron chi connectivity index (χ1n) is 10.1. The molecule has 4 atom stereocenters. The highest BCUT2D eigenvalue weighted by Crippen LogP contribution is 2.70. The van der Waals surface area contributed by atoms with Crippen molar-refractivity contribution in [2.75, 3.05) is 20.1 Å². The fourth-order valence-electron chi connectivity index (χ4n) is 6.87. The van der Waals surface area contributed by atoms with Crippen LogP contribution in [0.15, 0.2) is 30.3 Å². The van der Waals surface area contributed by atoms with Crippen LogP contribution in [0.3, 0.4) is 0 Å². The second-order valence-corrected chi connectivity index (χ2v) is 9.44. The molecule has 4 aliphatic carbocycles. The molecule has 4 saturated carbocycles. The molecule has 0 spiro atoms. The summed E-state index contributed by atoms with van der Waals surface area (Å²) in [6.45, 7) is 2.22. The summed E-state index contributed by atoms with van der Waals surface area (Å²) < 4.78 is 0. The van der Waals surface area contributed by atoms with Crippen molar-refractivity contribution in [2.45, 2.75) is 56.4 Å². The SMILES string of the molecule is CN1CCC(NC(=O)C23CC4CC2CC(c2ccccc2)(C4)C3)CC1. The quantitative estimate of drug-likeness (QED) is 0.917. The molecule has 0 radical (unpaired) electrons. The van der Waals surface area contributed by atoms with Crippen LogP contribution in [-0.4, -0.2) is 37.0 Å². The summed E-state index contributed by atoms with van der Waals surface area (Å²) in [6.07, 6.45) is 8.27. The van der Waals surface area contributed by atoms with Crippen LogP contribution in [-0.2, 0) is 10.2 Å². The van der Waals surface area contributed by atoms with Gasteiger partial charge in [-0.2, -0.15) is 0 Å². The third kappa shape index (κ3) is 2.38. The molecule has 3 nitrogen and oxygen atoms in total. The van der Waals surface area contributed by atoms with E-state index in [1.54, 1.807) is 0 Å². The smallest absolute Gasteiger partial charge is 0.226 e. The van der Waals surface area contributed by atoms with Gasteiger partial charge in [0, 0.05) is 6.04 Å². The zero-order chi connectivity index (χ0) is 17.1. The third-order valence-electron chi connectivity index (χ3n) is 7.91. The van der Waals surface area contributed by atoms with Crippen LogP contribution in [0.2, 0.25) is 0 Å². The van der Waals surface area contributed by atoms with Gasteiger partial charge in [-0.05, 0) is 87.9 Å². The molecule has 1 heterocycles. The Morgan fingerprint density at radius 3 is 2.64 bits per heavy atom. The van der Waals surface area contributed by atoms with Crippen molar-refractivity contribution < 1.29 is 4.79 Å². The maximum Gasteiger partial charge on any atom is 0.226 e. The molecule has 1 N–H and O–H groups in total. The Morgan fingerprint density at radius 1 is 1.12 bits per heavy atom. The van der Waals surface area contributed by atoms with Crippen molar-refractivity contribution >= 4 is 5.91 Å². The minimum atomic E-state index is -0.0674. The number of piperidine rings is 1. The molecule has 1 saturated heterocycles. The monoisotopic (exact) mass is 338 g/mol. The minimum Gasteiger partial charge on any atom is -0.353 e. The van der Waals surface area contributed by atoms with E-state index in [2.05, 4.69) is 47.6 Å². The van der Waals surface area contributed by atoms with Crippen molar-refractivity contribution in [1.29, 1.82) is 0 Å². The summed E-state index contributed by atoms with van der Waals surface area (Å²) in [5.41, 5.74) is 1.69. The summed E-state index contributed by atoms with van der Waals surface area (Å²) in [5, 5.41) is 3.49. The van der Waals surface area contributed by atoms with Gasteiger partial charge in [-0.25, -0.2) is 0 Å². The van der Waals surface area contributed by atoms with Crippen LogP contribution in [0.5, 0.6) is 0 Å². The molecule has 1 aromatic carbocycles. The maximum atomic E-state index is 13.4. The zero-order valence-electron chi connectivity index (χ0n) is 15.3. The molecule has 3 heteroatoms. The number of amides is 1. The Bertz CT molecular complexity index is 666. The molecule has 1 aromatic rings. The zero-order valence-corrected chi connectivity index (χ0v) is 15.3. The lowest BCUT2D eigenvalue weighted by Gasteiger charge is -2.41. The number of rotatable bonds is 3.